The third-order valence-electron chi connectivity index (χ3n) is 12.6. The van der Waals surface area contributed by atoms with Crippen LogP contribution in [0.3, 0.4) is 0 Å². The zero-order valence-corrected chi connectivity index (χ0v) is 31.5. The van der Waals surface area contributed by atoms with E-state index in [9.17, 15) is 14.4 Å². The molecule has 3 fully saturated rings. The number of amides is 2. The fourth-order valence-corrected chi connectivity index (χ4v) is 9.59. The van der Waals surface area contributed by atoms with Gasteiger partial charge in [-0.25, -0.2) is 4.79 Å². The number of hydrogen-bond acceptors (Lipinski definition) is 5. The smallest absolute Gasteiger partial charge is 0.328 e. The number of carbonyl (C=O) groups excluding carboxylic acids is 2. The van der Waals surface area contributed by atoms with Crippen LogP contribution in [-0.2, 0) is 22.6 Å². The molecule has 3 aromatic carbocycles. The molecular formula is C45H53N5O4. The summed E-state index contributed by atoms with van der Waals surface area (Å²) in [6.45, 7) is 4.51. The number of likely N-dealkylation sites (N-methyl/N-ethyl adjacent to an activating group) is 1. The van der Waals surface area contributed by atoms with Gasteiger partial charge in [-0.1, -0.05) is 74.6 Å². The van der Waals surface area contributed by atoms with Gasteiger partial charge in [0.1, 0.15) is 0 Å². The number of rotatable bonds is 9. The summed E-state index contributed by atoms with van der Waals surface area (Å²) < 4.78 is 2.42. The lowest BCUT2D eigenvalue weighted by atomic mass is 9.81. The lowest BCUT2D eigenvalue weighted by Gasteiger charge is -2.34. The molecule has 9 heteroatoms. The predicted octanol–water partition coefficient (Wildman–Crippen LogP) is 7.55. The van der Waals surface area contributed by atoms with Gasteiger partial charge in [-0.05, 0) is 92.1 Å². The van der Waals surface area contributed by atoms with Gasteiger partial charge in [-0.3, -0.25) is 9.59 Å². The van der Waals surface area contributed by atoms with Crippen LogP contribution in [0.5, 0.6) is 0 Å². The summed E-state index contributed by atoms with van der Waals surface area (Å²) in [5, 5.41) is 17.2. The Hall–Kier alpha value is -4.89. The van der Waals surface area contributed by atoms with E-state index < -0.39 is 5.97 Å². The lowest BCUT2D eigenvalue weighted by Crippen LogP contribution is -2.51. The molecule has 282 valence electrons. The minimum atomic E-state index is -0.974. The Bertz CT molecular complexity index is 2050. The Morgan fingerprint density at radius 1 is 0.889 bits per heavy atom. The van der Waals surface area contributed by atoms with E-state index in [4.69, 9.17) is 5.11 Å². The van der Waals surface area contributed by atoms with Crippen LogP contribution in [0.1, 0.15) is 90.8 Å². The number of nitrogens with one attached hydrogen (secondary N) is 2. The van der Waals surface area contributed by atoms with Crippen molar-refractivity contribution in [1.29, 1.82) is 0 Å². The van der Waals surface area contributed by atoms with E-state index >= 15 is 0 Å². The van der Waals surface area contributed by atoms with Crippen molar-refractivity contribution < 1.29 is 19.5 Å². The predicted molar refractivity (Wildman–Crippen MR) is 215 cm³/mol. The molecule has 8 rings (SSSR count). The Labute approximate surface area is 318 Å². The van der Waals surface area contributed by atoms with Crippen LogP contribution >= 0.6 is 0 Å². The number of nitrogens with zero attached hydrogens (tertiary/aromatic N) is 3. The molecule has 2 aliphatic carbocycles. The molecule has 54 heavy (non-hydrogen) atoms. The maximum absolute atomic E-state index is 14.3. The first kappa shape index (κ1) is 36.1. The monoisotopic (exact) mass is 727 g/mol. The van der Waals surface area contributed by atoms with Gasteiger partial charge in [0.25, 0.3) is 5.91 Å². The van der Waals surface area contributed by atoms with Gasteiger partial charge in [0.05, 0.1) is 17.2 Å². The fraction of sp³-hybridized carbons (Fsp3) is 0.444. The van der Waals surface area contributed by atoms with Crippen molar-refractivity contribution in [3.63, 3.8) is 0 Å². The lowest BCUT2D eigenvalue weighted by molar-refractivity contribution is -0.137. The van der Waals surface area contributed by atoms with E-state index in [2.05, 4.69) is 68.4 Å². The second-order valence-corrected chi connectivity index (χ2v) is 16.2. The minimum absolute atomic E-state index is 0.0661. The zero-order valence-electron chi connectivity index (χ0n) is 31.5. The van der Waals surface area contributed by atoms with Gasteiger partial charge in [-0.15, -0.1) is 0 Å². The molecule has 1 saturated heterocycles. The molecule has 2 amide bonds. The van der Waals surface area contributed by atoms with Crippen molar-refractivity contribution in [2.24, 2.45) is 5.92 Å². The van der Waals surface area contributed by atoms with Gasteiger partial charge >= 0.3 is 5.97 Å². The molecule has 2 saturated carbocycles. The highest BCUT2D eigenvalue weighted by molar-refractivity contribution is 6.01. The molecule has 9 nitrogen and oxygen atoms in total. The molecule has 3 N–H and O–H groups in total. The first-order valence-electron chi connectivity index (χ1n) is 20.1. The zero-order chi connectivity index (χ0) is 37.2. The van der Waals surface area contributed by atoms with Crippen molar-refractivity contribution >= 4 is 40.4 Å². The largest absolute Gasteiger partial charge is 0.478 e. The molecule has 4 aliphatic rings. The topological polar surface area (TPSA) is 107 Å². The Balaban J connectivity index is 1.12. The second-order valence-electron chi connectivity index (χ2n) is 16.2. The molecule has 1 aromatic heterocycles. The van der Waals surface area contributed by atoms with Crippen molar-refractivity contribution in [3.8, 4) is 11.3 Å². The quantitative estimate of drug-likeness (QED) is 0.154. The van der Waals surface area contributed by atoms with Gasteiger partial charge < -0.3 is 30.1 Å². The first-order chi connectivity index (χ1) is 26.3. The first-order valence-corrected chi connectivity index (χ1v) is 20.1. The summed E-state index contributed by atoms with van der Waals surface area (Å²) in [4.78, 5) is 43.9. The molecule has 2 aliphatic heterocycles. The standard InChI is InChI=1S/C45H53N5O4/c1-48-23-25-49(26-24-48)44(54)35-27-33-11-5-6-12-37(33)42-41(32-9-3-2-4-10-32)38-19-16-34(28-39(38)50(42)29-35)43(53)47-45(21-7-8-22-45)30-46-36-17-13-31(14-18-36)15-20-40(51)52/h5-6,11-20,28,32,35,46H,2-4,7-10,21-27,29-30H2,1H3,(H,47,53)(H,51,52)/b20-15+. The van der Waals surface area contributed by atoms with Crippen molar-refractivity contribution in [3.05, 3.63) is 95.1 Å². The van der Waals surface area contributed by atoms with E-state index in [0.29, 0.717) is 31.0 Å². The highest BCUT2D eigenvalue weighted by atomic mass is 16.4. The Morgan fingerprint density at radius 2 is 1.63 bits per heavy atom. The Kier molecular flexibility index (Phi) is 10.3. The normalized spacial score (nSPS) is 20.4. The second kappa shape index (κ2) is 15.5. The summed E-state index contributed by atoms with van der Waals surface area (Å²) in [6, 6.07) is 22.7. The number of aromatic nitrogens is 1. The SMILES string of the molecule is CN1CCN(C(=O)C2Cc3ccccc3-c3c(C4CCCCC4)c4ccc(C(=O)NC5(CNc6ccc(/C=C/C(=O)O)cc6)CCCC5)cc4n3C2)CC1. The van der Waals surface area contributed by atoms with Crippen molar-refractivity contribution in [2.45, 2.75) is 82.2 Å². The van der Waals surface area contributed by atoms with Crippen LogP contribution in [0.15, 0.2) is 72.8 Å². The number of carboxylic acids is 1. The summed E-state index contributed by atoms with van der Waals surface area (Å²) in [7, 11) is 2.12. The summed E-state index contributed by atoms with van der Waals surface area (Å²) in [5.41, 5.74) is 8.19. The van der Waals surface area contributed by atoms with Crippen molar-refractivity contribution in [2.75, 3.05) is 45.1 Å². The van der Waals surface area contributed by atoms with E-state index in [0.717, 1.165) is 87.5 Å². The van der Waals surface area contributed by atoms with Crippen LogP contribution < -0.4 is 10.6 Å². The number of fused-ring (bicyclic) bond motifs is 5. The number of anilines is 1. The minimum Gasteiger partial charge on any atom is -0.478 e. The number of hydrogen-bond donors (Lipinski definition) is 3. The van der Waals surface area contributed by atoms with Gasteiger partial charge in [0.15, 0.2) is 0 Å². The molecule has 0 spiro atoms. The third kappa shape index (κ3) is 7.43. The number of aliphatic carboxylic acids is 1. The summed E-state index contributed by atoms with van der Waals surface area (Å²) in [5.74, 6) is -0.534. The molecule has 1 unspecified atom stereocenters. The summed E-state index contributed by atoms with van der Waals surface area (Å²) >= 11 is 0. The van der Waals surface area contributed by atoms with Crippen LogP contribution in [0.4, 0.5) is 5.69 Å². The average Bonchev–Trinajstić information content (AvgIpc) is 3.74. The van der Waals surface area contributed by atoms with Gasteiger partial charge in [-0.2, -0.15) is 0 Å². The molecule has 0 bridgehead atoms. The van der Waals surface area contributed by atoms with Gasteiger partial charge in [0.2, 0.25) is 5.91 Å². The van der Waals surface area contributed by atoms with E-state index in [1.54, 1.807) is 6.08 Å². The molecule has 4 aromatic rings. The highest BCUT2D eigenvalue weighted by Gasteiger charge is 2.37. The van der Waals surface area contributed by atoms with E-state index in [-0.39, 0.29) is 23.3 Å². The van der Waals surface area contributed by atoms with E-state index in [1.165, 1.54) is 47.0 Å². The van der Waals surface area contributed by atoms with Gasteiger partial charge in [0, 0.05) is 73.1 Å². The summed E-state index contributed by atoms with van der Waals surface area (Å²) in [6.07, 6.45) is 13.4. The Morgan fingerprint density at radius 3 is 2.37 bits per heavy atom. The fourth-order valence-electron chi connectivity index (χ4n) is 9.59. The number of piperazine rings is 1. The number of benzene rings is 3. The number of carbonyl (C=O) groups is 3. The maximum atomic E-state index is 14.3. The van der Waals surface area contributed by atoms with E-state index in [1.807, 2.05) is 30.3 Å². The third-order valence-corrected chi connectivity index (χ3v) is 12.6. The van der Waals surface area contributed by atoms with Crippen LogP contribution in [0.2, 0.25) is 0 Å². The van der Waals surface area contributed by atoms with Crippen molar-refractivity contribution in [1.82, 2.24) is 19.7 Å². The maximum Gasteiger partial charge on any atom is 0.328 e. The van der Waals surface area contributed by atoms with Crippen LogP contribution in [-0.4, -0.2) is 82.6 Å². The molecule has 3 heterocycles. The average molecular weight is 728 g/mol. The molecule has 0 radical (unpaired) electrons. The van der Waals surface area contributed by atoms with Crippen LogP contribution in [0, 0.1) is 5.92 Å². The highest BCUT2D eigenvalue weighted by Crippen LogP contribution is 2.47. The number of carboxylic acid groups (broad SMARTS) is 1. The molecule has 1 atom stereocenters. The molecular weight excluding hydrogens is 675 g/mol. The van der Waals surface area contributed by atoms with Crippen LogP contribution in [0.25, 0.3) is 28.2 Å².